The van der Waals surface area contributed by atoms with E-state index in [1.54, 1.807) is 4.57 Å². The molecule has 37 heavy (non-hydrogen) atoms. The smallest absolute Gasteiger partial charge is 0.333 e. The Hall–Kier alpha value is -2.94. The zero-order valence-corrected chi connectivity index (χ0v) is 21.9. The van der Waals surface area contributed by atoms with E-state index in [-0.39, 0.29) is 46.7 Å². The number of nitrogens with one attached hydrogen (secondary N) is 1. The van der Waals surface area contributed by atoms with Gasteiger partial charge in [-0.2, -0.15) is 11.8 Å². The van der Waals surface area contributed by atoms with Crippen molar-refractivity contribution in [3.05, 3.63) is 74.8 Å². The Morgan fingerprint density at radius 3 is 2.43 bits per heavy atom. The van der Waals surface area contributed by atoms with Crippen LogP contribution in [0.1, 0.15) is 75.4 Å². The molecule has 196 valence electrons. The Bertz CT molecular complexity index is 1380. The average molecular weight is 525 g/mol. The SMILES string of the molecule is C[C@H](CC(=O)N[C@H]1CC[C@@H](n2c(=O)c3cc(F)cnc3n(C3CCSCC3)c2=O)CC1)c1ccccc1. The highest BCUT2D eigenvalue weighted by molar-refractivity contribution is 7.99. The van der Waals surface area contributed by atoms with E-state index >= 15 is 0 Å². The van der Waals surface area contributed by atoms with E-state index < -0.39 is 11.4 Å². The minimum Gasteiger partial charge on any atom is -0.353 e. The van der Waals surface area contributed by atoms with Crippen LogP contribution in [0.4, 0.5) is 4.39 Å². The van der Waals surface area contributed by atoms with Crippen molar-refractivity contribution in [2.45, 2.75) is 75.9 Å². The van der Waals surface area contributed by atoms with Crippen LogP contribution in [0, 0.1) is 5.82 Å². The molecule has 0 bridgehead atoms. The van der Waals surface area contributed by atoms with Crippen molar-refractivity contribution >= 4 is 28.7 Å². The van der Waals surface area contributed by atoms with Crippen LogP contribution in [0.25, 0.3) is 11.0 Å². The Kier molecular flexibility index (Phi) is 7.79. The number of rotatable bonds is 6. The molecular formula is C28H33FN4O3S. The van der Waals surface area contributed by atoms with Gasteiger partial charge in [-0.05, 0) is 67.6 Å². The minimum absolute atomic E-state index is 0.0135. The zero-order chi connectivity index (χ0) is 25.9. The Balaban J connectivity index is 1.33. The molecule has 1 amide bonds. The van der Waals surface area contributed by atoms with Gasteiger partial charge in [-0.3, -0.25) is 18.7 Å². The van der Waals surface area contributed by atoms with Crippen LogP contribution in [-0.2, 0) is 4.79 Å². The molecule has 1 aromatic carbocycles. The highest BCUT2D eigenvalue weighted by Gasteiger charge is 2.29. The molecule has 2 aliphatic rings. The quantitative estimate of drug-likeness (QED) is 0.511. The lowest BCUT2D eigenvalue weighted by molar-refractivity contribution is -0.122. The number of nitrogens with zero attached hydrogens (tertiary/aromatic N) is 3. The van der Waals surface area contributed by atoms with Crippen LogP contribution < -0.4 is 16.6 Å². The normalized spacial score (nSPS) is 21.6. The first-order valence-corrected chi connectivity index (χ1v) is 14.3. The number of aromatic nitrogens is 3. The summed E-state index contributed by atoms with van der Waals surface area (Å²) in [5.74, 6) is 1.43. The van der Waals surface area contributed by atoms with Gasteiger partial charge in [0, 0.05) is 24.5 Å². The second-order valence-corrected chi connectivity index (χ2v) is 11.5. The number of halogens is 1. The van der Waals surface area contributed by atoms with E-state index in [9.17, 15) is 18.8 Å². The van der Waals surface area contributed by atoms with Gasteiger partial charge in [-0.25, -0.2) is 14.2 Å². The van der Waals surface area contributed by atoms with E-state index in [1.165, 1.54) is 10.6 Å². The Morgan fingerprint density at radius 2 is 1.73 bits per heavy atom. The van der Waals surface area contributed by atoms with Gasteiger partial charge >= 0.3 is 5.69 Å². The lowest BCUT2D eigenvalue weighted by atomic mass is 9.90. The Morgan fingerprint density at radius 1 is 1.05 bits per heavy atom. The highest BCUT2D eigenvalue weighted by Crippen LogP contribution is 2.30. The standard InChI is InChI=1S/C28H33FN4O3S/c1-18(19-5-3-2-4-6-19)15-25(34)31-21-7-9-22(10-8-21)33-27(35)24-16-20(29)17-30-26(24)32(28(33)36)23-11-13-37-14-12-23/h2-6,16-18,21-23H,7-15H2,1H3,(H,31,34)/t18-,21-,22+/m1/s1. The van der Waals surface area contributed by atoms with Gasteiger partial charge in [0.1, 0.15) is 11.5 Å². The number of thioether (sulfide) groups is 1. The molecule has 0 unspecified atom stereocenters. The summed E-state index contributed by atoms with van der Waals surface area (Å²) in [6.07, 6.45) is 5.69. The third kappa shape index (κ3) is 5.51. The zero-order valence-electron chi connectivity index (χ0n) is 21.1. The summed E-state index contributed by atoms with van der Waals surface area (Å²) in [5, 5.41) is 3.31. The van der Waals surface area contributed by atoms with Crippen molar-refractivity contribution in [1.82, 2.24) is 19.4 Å². The lowest BCUT2D eigenvalue weighted by Crippen LogP contribution is -2.46. The summed E-state index contributed by atoms with van der Waals surface area (Å²) in [7, 11) is 0. The molecule has 2 aromatic heterocycles. The fourth-order valence-electron chi connectivity index (χ4n) is 5.74. The lowest BCUT2D eigenvalue weighted by Gasteiger charge is -2.32. The van der Waals surface area contributed by atoms with Gasteiger partial charge in [0.05, 0.1) is 11.6 Å². The van der Waals surface area contributed by atoms with Gasteiger partial charge in [0.2, 0.25) is 5.91 Å². The molecule has 1 atom stereocenters. The number of carbonyl (C=O) groups excluding carboxylic acids is 1. The van der Waals surface area contributed by atoms with Crippen molar-refractivity contribution in [1.29, 1.82) is 0 Å². The molecule has 5 rings (SSSR count). The second-order valence-electron chi connectivity index (χ2n) is 10.3. The fourth-order valence-corrected chi connectivity index (χ4v) is 6.82. The summed E-state index contributed by atoms with van der Waals surface area (Å²) < 4.78 is 17.1. The predicted molar refractivity (Wildman–Crippen MR) is 145 cm³/mol. The van der Waals surface area contributed by atoms with E-state index in [2.05, 4.69) is 10.3 Å². The van der Waals surface area contributed by atoms with Crippen LogP contribution in [0.15, 0.2) is 52.2 Å². The van der Waals surface area contributed by atoms with E-state index in [4.69, 9.17) is 0 Å². The molecule has 2 fully saturated rings. The summed E-state index contributed by atoms with van der Waals surface area (Å²) in [6.45, 7) is 2.05. The predicted octanol–water partition coefficient (Wildman–Crippen LogP) is 4.56. The van der Waals surface area contributed by atoms with E-state index in [0.29, 0.717) is 32.1 Å². The first-order chi connectivity index (χ1) is 17.9. The molecule has 9 heteroatoms. The van der Waals surface area contributed by atoms with Crippen LogP contribution in [0.5, 0.6) is 0 Å². The maximum atomic E-state index is 14.1. The van der Waals surface area contributed by atoms with Crippen molar-refractivity contribution in [3.8, 4) is 0 Å². The number of pyridine rings is 1. The first kappa shape index (κ1) is 25.7. The monoisotopic (exact) mass is 524 g/mol. The van der Waals surface area contributed by atoms with Gasteiger partial charge < -0.3 is 5.32 Å². The van der Waals surface area contributed by atoms with Crippen LogP contribution >= 0.6 is 11.8 Å². The summed E-state index contributed by atoms with van der Waals surface area (Å²) in [5.41, 5.74) is 0.587. The third-order valence-electron chi connectivity index (χ3n) is 7.77. The Labute approximate surface area is 219 Å². The summed E-state index contributed by atoms with van der Waals surface area (Å²) >= 11 is 1.85. The van der Waals surface area contributed by atoms with Crippen molar-refractivity contribution in [2.24, 2.45) is 0 Å². The molecule has 0 spiro atoms. The van der Waals surface area contributed by atoms with Crippen molar-refractivity contribution in [3.63, 3.8) is 0 Å². The number of hydrogen-bond donors (Lipinski definition) is 1. The topological polar surface area (TPSA) is 86.0 Å². The molecule has 7 nitrogen and oxygen atoms in total. The molecule has 0 radical (unpaired) electrons. The van der Waals surface area contributed by atoms with Crippen LogP contribution in [0.3, 0.4) is 0 Å². The van der Waals surface area contributed by atoms with Crippen LogP contribution in [-0.4, -0.2) is 37.6 Å². The van der Waals surface area contributed by atoms with E-state index in [1.807, 2.05) is 49.0 Å². The van der Waals surface area contributed by atoms with Gasteiger partial charge in [-0.15, -0.1) is 0 Å². The minimum atomic E-state index is -0.586. The third-order valence-corrected chi connectivity index (χ3v) is 8.81. The number of fused-ring (bicyclic) bond motifs is 1. The molecule has 1 aliphatic carbocycles. The molecular weight excluding hydrogens is 491 g/mol. The first-order valence-electron chi connectivity index (χ1n) is 13.2. The van der Waals surface area contributed by atoms with Gasteiger partial charge in [0.25, 0.3) is 5.56 Å². The average Bonchev–Trinajstić information content (AvgIpc) is 2.91. The largest absolute Gasteiger partial charge is 0.353 e. The van der Waals surface area contributed by atoms with Gasteiger partial charge in [-0.1, -0.05) is 37.3 Å². The molecule has 3 heterocycles. The van der Waals surface area contributed by atoms with Crippen molar-refractivity contribution in [2.75, 3.05) is 11.5 Å². The molecule has 1 saturated heterocycles. The van der Waals surface area contributed by atoms with E-state index in [0.717, 1.165) is 36.1 Å². The number of benzene rings is 1. The number of carbonyl (C=O) groups is 1. The number of hydrogen-bond acceptors (Lipinski definition) is 5. The molecule has 1 N–H and O–H groups in total. The second kappa shape index (κ2) is 11.2. The highest BCUT2D eigenvalue weighted by atomic mass is 32.2. The maximum Gasteiger partial charge on any atom is 0.333 e. The fraction of sp³-hybridized carbons (Fsp3) is 0.500. The maximum absolute atomic E-state index is 14.1. The van der Waals surface area contributed by atoms with Crippen LogP contribution in [0.2, 0.25) is 0 Å². The molecule has 1 aliphatic heterocycles. The summed E-state index contributed by atoms with van der Waals surface area (Å²) in [6, 6.07) is 10.9. The molecule has 3 aromatic rings. The number of amides is 1. The van der Waals surface area contributed by atoms with Crippen molar-refractivity contribution < 1.29 is 9.18 Å². The summed E-state index contributed by atoms with van der Waals surface area (Å²) in [4.78, 5) is 44.0. The van der Waals surface area contributed by atoms with Gasteiger partial charge in [0.15, 0.2) is 0 Å². The molecule has 1 saturated carbocycles.